The Kier molecular flexibility index (Phi) is 6.92. The lowest BCUT2D eigenvalue weighted by Gasteiger charge is -2.28. The number of hydrogen-bond donors (Lipinski definition) is 0. The summed E-state index contributed by atoms with van der Waals surface area (Å²) >= 11 is 0. The minimum absolute atomic E-state index is 0.00184. The molecule has 8 heteroatoms. The molecule has 0 saturated heterocycles. The van der Waals surface area contributed by atoms with Gasteiger partial charge in [0.1, 0.15) is 12.3 Å². The summed E-state index contributed by atoms with van der Waals surface area (Å²) < 4.78 is 12.6. The number of methoxy groups -OCH3 is 1. The molecule has 1 amide bonds. The van der Waals surface area contributed by atoms with Crippen molar-refractivity contribution >= 4 is 23.1 Å². The first-order chi connectivity index (χ1) is 18.0. The molecule has 0 fully saturated rings. The quantitative estimate of drug-likeness (QED) is 0.256. The fourth-order valence-corrected chi connectivity index (χ4v) is 4.99. The molecule has 0 N–H and O–H groups in total. The van der Waals surface area contributed by atoms with E-state index >= 15 is 0 Å². The highest BCUT2D eigenvalue weighted by Gasteiger charge is 2.30. The van der Waals surface area contributed by atoms with Crippen LogP contribution in [-0.2, 0) is 27.4 Å². The third-order valence-corrected chi connectivity index (χ3v) is 7.01. The second kappa shape index (κ2) is 10.4. The number of nitrogens with zero attached hydrogens (tertiary/aromatic N) is 4. The number of carbonyl (C=O) groups excluding carboxylic acids is 2. The van der Waals surface area contributed by atoms with Crippen LogP contribution in [0.3, 0.4) is 0 Å². The number of amides is 1. The smallest absolute Gasteiger partial charge is 0.424 e. The number of carbonyl (C=O) groups is 2. The van der Waals surface area contributed by atoms with Gasteiger partial charge in [-0.05, 0) is 40.5 Å². The number of pyridine rings is 1. The molecular weight excluding hydrogens is 468 g/mol. The predicted molar refractivity (Wildman–Crippen MR) is 141 cm³/mol. The van der Waals surface area contributed by atoms with Crippen molar-refractivity contribution in [1.29, 1.82) is 0 Å². The zero-order chi connectivity index (χ0) is 25.9. The van der Waals surface area contributed by atoms with Gasteiger partial charge in [0.05, 0.1) is 20.1 Å². The van der Waals surface area contributed by atoms with Crippen molar-refractivity contribution < 1.29 is 19.1 Å². The highest BCUT2D eigenvalue weighted by Crippen LogP contribution is 2.44. The highest BCUT2D eigenvalue weighted by molar-refractivity contribution is 5.79. The Morgan fingerprint density at radius 3 is 2.32 bits per heavy atom. The standard InChI is InChI=1S/C29H30N4O4/c1-31(18-21-17-20-9-8-15-30-28(20)33(21)16-14-27(34)36-3)32(2)29(35)37-19-26-24-12-6-4-10-22(24)23-11-5-7-13-25(23)26/h4-13,15,17,26H,14,16,18-19H2,1-3H3. The molecule has 1 aliphatic carbocycles. The van der Waals surface area contributed by atoms with Gasteiger partial charge in [0.15, 0.2) is 0 Å². The van der Waals surface area contributed by atoms with Gasteiger partial charge in [-0.25, -0.2) is 19.8 Å². The lowest BCUT2D eigenvalue weighted by atomic mass is 9.98. The Morgan fingerprint density at radius 2 is 1.65 bits per heavy atom. The van der Waals surface area contributed by atoms with Crippen LogP contribution in [0.2, 0.25) is 0 Å². The predicted octanol–water partition coefficient (Wildman–Crippen LogP) is 4.83. The van der Waals surface area contributed by atoms with Crippen LogP contribution in [-0.4, -0.2) is 59.4 Å². The minimum atomic E-state index is -0.431. The summed E-state index contributed by atoms with van der Waals surface area (Å²) in [6, 6.07) is 22.4. The fraction of sp³-hybridized carbons (Fsp3) is 0.276. The van der Waals surface area contributed by atoms with Gasteiger partial charge in [-0.15, -0.1) is 0 Å². The largest absolute Gasteiger partial charge is 0.469 e. The van der Waals surface area contributed by atoms with E-state index in [1.807, 2.05) is 54.1 Å². The highest BCUT2D eigenvalue weighted by atomic mass is 16.6. The van der Waals surface area contributed by atoms with E-state index in [0.717, 1.165) is 16.7 Å². The number of esters is 1. The van der Waals surface area contributed by atoms with Crippen LogP contribution in [0.25, 0.3) is 22.2 Å². The Labute approximate surface area is 216 Å². The molecule has 0 atom stereocenters. The molecule has 2 aromatic carbocycles. The fourth-order valence-electron chi connectivity index (χ4n) is 4.99. The number of fused-ring (bicyclic) bond motifs is 4. The van der Waals surface area contributed by atoms with E-state index in [1.165, 1.54) is 34.4 Å². The first kappa shape index (κ1) is 24.5. The molecule has 0 unspecified atom stereocenters. The number of aromatic nitrogens is 2. The molecular formula is C29H30N4O4. The third-order valence-electron chi connectivity index (χ3n) is 7.01. The summed E-state index contributed by atoms with van der Waals surface area (Å²) in [5.41, 5.74) is 6.46. The Morgan fingerprint density at radius 1 is 0.973 bits per heavy atom. The van der Waals surface area contributed by atoms with Gasteiger partial charge >= 0.3 is 12.1 Å². The van der Waals surface area contributed by atoms with Crippen LogP contribution in [0.4, 0.5) is 4.79 Å². The molecule has 37 heavy (non-hydrogen) atoms. The van der Waals surface area contributed by atoms with Crippen LogP contribution in [0.15, 0.2) is 72.9 Å². The van der Waals surface area contributed by atoms with Crippen LogP contribution in [0.5, 0.6) is 0 Å². The van der Waals surface area contributed by atoms with E-state index in [4.69, 9.17) is 9.47 Å². The van der Waals surface area contributed by atoms with Crippen molar-refractivity contribution in [3.63, 3.8) is 0 Å². The lowest BCUT2D eigenvalue weighted by molar-refractivity contribution is -0.140. The van der Waals surface area contributed by atoms with E-state index in [1.54, 1.807) is 18.3 Å². The van der Waals surface area contributed by atoms with Crippen molar-refractivity contribution in [2.45, 2.75) is 25.4 Å². The number of hydrogen-bond acceptors (Lipinski definition) is 6. The van der Waals surface area contributed by atoms with Gasteiger partial charge in [0, 0.05) is 43.8 Å². The van der Waals surface area contributed by atoms with Crippen LogP contribution in [0.1, 0.15) is 29.2 Å². The first-order valence-electron chi connectivity index (χ1n) is 12.3. The number of benzene rings is 2. The van der Waals surface area contributed by atoms with Gasteiger partial charge in [-0.1, -0.05) is 48.5 Å². The van der Waals surface area contributed by atoms with E-state index in [0.29, 0.717) is 13.1 Å². The average molecular weight is 499 g/mol. The van der Waals surface area contributed by atoms with Crippen molar-refractivity contribution in [3.05, 3.63) is 89.7 Å². The lowest BCUT2D eigenvalue weighted by Crippen LogP contribution is -2.41. The number of ether oxygens (including phenoxy) is 2. The maximum Gasteiger partial charge on any atom is 0.424 e. The summed E-state index contributed by atoms with van der Waals surface area (Å²) in [7, 11) is 4.90. The maximum atomic E-state index is 13.0. The second-order valence-corrected chi connectivity index (χ2v) is 9.17. The number of hydrazine groups is 1. The summed E-state index contributed by atoms with van der Waals surface area (Å²) in [5, 5.41) is 4.24. The zero-order valence-electron chi connectivity index (χ0n) is 21.3. The molecule has 0 radical (unpaired) electrons. The molecule has 2 heterocycles. The molecule has 4 aromatic rings. The van der Waals surface area contributed by atoms with Gasteiger partial charge in [0.2, 0.25) is 0 Å². The monoisotopic (exact) mass is 498 g/mol. The maximum absolute atomic E-state index is 13.0. The van der Waals surface area contributed by atoms with E-state index in [-0.39, 0.29) is 24.9 Å². The van der Waals surface area contributed by atoms with Crippen molar-refractivity contribution in [3.8, 4) is 11.1 Å². The van der Waals surface area contributed by atoms with Crippen LogP contribution in [0, 0.1) is 0 Å². The van der Waals surface area contributed by atoms with Crippen LogP contribution < -0.4 is 0 Å². The van der Waals surface area contributed by atoms with Gasteiger partial charge in [-0.2, -0.15) is 0 Å². The second-order valence-electron chi connectivity index (χ2n) is 9.17. The topological polar surface area (TPSA) is 76.9 Å². The molecule has 190 valence electrons. The SMILES string of the molecule is COC(=O)CCn1c(CN(C)N(C)C(=O)OCC2c3ccccc3-c3ccccc32)cc2cccnc21. The van der Waals surface area contributed by atoms with E-state index < -0.39 is 6.09 Å². The van der Waals surface area contributed by atoms with Gasteiger partial charge in [-0.3, -0.25) is 4.79 Å². The Bertz CT molecular complexity index is 1400. The molecule has 1 aliphatic rings. The molecule has 2 aromatic heterocycles. The number of rotatable bonds is 8. The zero-order valence-corrected chi connectivity index (χ0v) is 21.3. The summed E-state index contributed by atoms with van der Waals surface area (Å²) in [5.74, 6) is -0.283. The van der Waals surface area contributed by atoms with Crippen molar-refractivity contribution in [2.24, 2.45) is 0 Å². The van der Waals surface area contributed by atoms with Crippen LogP contribution >= 0.6 is 0 Å². The van der Waals surface area contributed by atoms with E-state index in [9.17, 15) is 9.59 Å². The Balaban J connectivity index is 1.28. The molecule has 5 rings (SSSR count). The average Bonchev–Trinajstić information content (AvgIpc) is 3.44. The molecule has 0 spiro atoms. The van der Waals surface area contributed by atoms with Crippen molar-refractivity contribution in [2.75, 3.05) is 27.8 Å². The third kappa shape index (κ3) is 4.80. The summed E-state index contributed by atoms with van der Waals surface area (Å²) in [4.78, 5) is 29.3. The summed E-state index contributed by atoms with van der Waals surface area (Å²) in [6.45, 7) is 1.12. The van der Waals surface area contributed by atoms with Gasteiger partial charge < -0.3 is 14.0 Å². The molecule has 0 saturated carbocycles. The van der Waals surface area contributed by atoms with Gasteiger partial charge in [0.25, 0.3) is 0 Å². The van der Waals surface area contributed by atoms with Crippen molar-refractivity contribution in [1.82, 2.24) is 19.6 Å². The molecule has 8 nitrogen and oxygen atoms in total. The summed E-state index contributed by atoms with van der Waals surface area (Å²) in [6.07, 6.45) is 1.53. The number of aryl methyl sites for hydroxylation is 1. The Hall–Kier alpha value is -4.17. The molecule has 0 bridgehead atoms. The van der Waals surface area contributed by atoms with E-state index in [2.05, 4.69) is 29.2 Å². The first-order valence-corrected chi connectivity index (χ1v) is 12.3. The normalized spacial score (nSPS) is 12.4. The molecule has 0 aliphatic heterocycles. The minimum Gasteiger partial charge on any atom is -0.469 e.